The summed E-state index contributed by atoms with van der Waals surface area (Å²) in [5.74, 6) is -1.30. The normalized spacial score (nSPS) is 11.9. The summed E-state index contributed by atoms with van der Waals surface area (Å²) in [6.45, 7) is 11.3. The molecular formula is C20H36O8Ti. The first-order chi connectivity index (χ1) is 13.5. The van der Waals surface area contributed by atoms with Gasteiger partial charge >= 0.3 is 178 Å². The van der Waals surface area contributed by atoms with Gasteiger partial charge in [-0.25, -0.2) is 0 Å². The molecule has 0 radical (unpaired) electrons. The van der Waals surface area contributed by atoms with E-state index in [-0.39, 0.29) is 70.8 Å². The molecule has 168 valence electrons. The monoisotopic (exact) mass is 452 g/mol. The molecule has 0 aliphatic carbocycles. The van der Waals surface area contributed by atoms with Crippen LogP contribution in [0.3, 0.4) is 0 Å². The van der Waals surface area contributed by atoms with Gasteiger partial charge in [0.05, 0.1) is 0 Å². The summed E-state index contributed by atoms with van der Waals surface area (Å²) in [5.41, 5.74) is 0. The van der Waals surface area contributed by atoms with Gasteiger partial charge in [0.2, 0.25) is 0 Å². The molecule has 0 aromatic carbocycles. The second kappa shape index (κ2) is 15.1. The molecule has 0 saturated heterocycles. The molecule has 0 rings (SSSR count). The molecule has 0 bridgehead atoms. The predicted molar refractivity (Wildman–Crippen MR) is 104 cm³/mol. The van der Waals surface area contributed by atoms with Gasteiger partial charge in [0.15, 0.2) is 0 Å². The van der Waals surface area contributed by atoms with Crippen LogP contribution in [0.25, 0.3) is 0 Å². The number of rotatable bonds is 18. The summed E-state index contributed by atoms with van der Waals surface area (Å²) in [4.78, 5) is 48.9. The molecule has 0 fully saturated rings. The Labute approximate surface area is 178 Å². The van der Waals surface area contributed by atoms with Crippen LogP contribution in [0.15, 0.2) is 0 Å². The minimum atomic E-state index is -3.96. The first-order valence-corrected chi connectivity index (χ1v) is 13.6. The summed E-state index contributed by atoms with van der Waals surface area (Å²) in [5, 5.41) is 0. The molecule has 0 aliphatic rings. The van der Waals surface area contributed by atoms with Crippen molar-refractivity contribution in [3.05, 3.63) is 0 Å². The Balaban J connectivity index is 5.30. The van der Waals surface area contributed by atoms with Gasteiger partial charge in [-0.05, 0) is 0 Å². The van der Waals surface area contributed by atoms with E-state index in [4.69, 9.17) is 16.1 Å². The van der Waals surface area contributed by atoms with Crippen LogP contribution in [-0.2, 0) is 52.7 Å². The zero-order valence-corrected chi connectivity index (χ0v) is 20.1. The molecule has 8 nitrogen and oxygen atoms in total. The molecule has 0 heterocycles. The molecule has 0 atom stereocenters. The van der Waals surface area contributed by atoms with Crippen LogP contribution in [0.2, 0.25) is 9.45 Å². The zero-order valence-electron chi connectivity index (χ0n) is 18.6. The molecule has 0 unspecified atom stereocenters. The Morgan fingerprint density at radius 2 is 1.00 bits per heavy atom. The topological polar surface area (TPSA) is 105 Å². The Morgan fingerprint density at radius 1 is 0.655 bits per heavy atom. The number of hydrogen-bond acceptors (Lipinski definition) is 8. The number of Topliss-reactive ketones (excluding diaryl/α,β-unsaturated/α-hetero) is 4. The summed E-state index contributed by atoms with van der Waals surface area (Å²) in [7, 11) is 0. The third-order valence-electron chi connectivity index (χ3n) is 3.56. The number of carbonyl (C=O) groups excluding carboxylic acids is 4. The van der Waals surface area contributed by atoms with Gasteiger partial charge in [-0.1, -0.05) is 0 Å². The Hall–Kier alpha value is -0.766. The third-order valence-corrected chi connectivity index (χ3v) is 9.28. The van der Waals surface area contributed by atoms with Gasteiger partial charge in [0.25, 0.3) is 0 Å². The van der Waals surface area contributed by atoms with Crippen LogP contribution in [0.5, 0.6) is 0 Å². The van der Waals surface area contributed by atoms with Crippen LogP contribution in [-0.4, -0.2) is 61.8 Å². The van der Waals surface area contributed by atoms with Crippen molar-refractivity contribution in [1.82, 2.24) is 0 Å². The van der Waals surface area contributed by atoms with Gasteiger partial charge < -0.3 is 0 Å². The van der Waals surface area contributed by atoms with Crippen molar-refractivity contribution >= 4 is 23.1 Å². The van der Waals surface area contributed by atoms with E-state index in [1.165, 1.54) is 0 Å². The molecular weight excluding hydrogens is 416 g/mol. The van der Waals surface area contributed by atoms with Gasteiger partial charge in [-0.2, -0.15) is 0 Å². The van der Waals surface area contributed by atoms with Gasteiger partial charge in [-0.15, -0.1) is 0 Å². The van der Waals surface area contributed by atoms with E-state index >= 15 is 0 Å². The summed E-state index contributed by atoms with van der Waals surface area (Å²) in [6, 6.07) is 0. The maximum atomic E-state index is 12.6. The maximum absolute atomic E-state index is 12.6. The minimum absolute atomic E-state index is 0.0837. The van der Waals surface area contributed by atoms with Gasteiger partial charge in [0, 0.05) is 0 Å². The Bertz CT molecular complexity index is 497. The van der Waals surface area contributed by atoms with Crippen LogP contribution in [0, 0.1) is 0 Å². The zero-order chi connectivity index (χ0) is 22.4. The summed E-state index contributed by atoms with van der Waals surface area (Å²) in [6.07, 6.45) is -1.08. The fourth-order valence-corrected chi connectivity index (χ4v) is 8.57. The average Bonchev–Trinajstić information content (AvgIpc) is 2.55. The first kappa shape index (κ1) is 28.2. The van der Waals surface area contributed by atoms with E-state index in [0.717, 1.165) is 0 Å². The van der Waals surface area contributed by atoms with Crippen LogP contribution >= 0.6 is 0 Å². The predicted octanol–water partition coefficient (Wildman–Crippen LogP) is 2.79. The van der Waals surface area contributed by atoms with Gasteiger partial charge in [-0.3, -0.25) is 0 Å². The molecule has 0 saturated carbocycles. The second-order valence-electron chi connectivity index (χ2n) is 7.38. The van der Waals surface area contributed by atoms with Crippen molar-refractivity contribution in [3.63, 3.8) is 0 Å². The van der Waals surface area contributed by atoms with Crippen molar-refractivity contribution in [1.29, 1.82) is 0 Å². The fourth-order valence-electron chi connectivity index (χ4n) is 2.82. The van der Waals surface area contributed by atoms with Crippen molar-refractivity contribution in [2.24, 2.45) is 0 Å². The standard InChI is InChI=1S/2C7H11O3.2C3H7O.Ti/c2*1-3-10-5-7(9)4-6(2)8;2*1-3(2)4;/h2*2-5H2,1H3;2*3H,1-2H3;/q;;2*-1;+2. The molecule has 0 aromatic heterocycles. The van der Waals surface area contributed by atoms with Gasteiger partial charge in [0.1, 0.15) is 0 Å². The molecule has 0 spiro atoms. The van der Waals surface area contributed by atoms with E-state index in [0.29, 0.717) is 13.2 Å². The molecule has 0 N–H and O–H groups in total. The fraction of sp³-hybridized carbons (Fsp3) is 0.800. The SMILES string of the molecule is CCOCC(=O)CC(=O)[CH2][Ti]([CH2]C(=O)CC(=O)COCC)([O]C(C)C)[O]C(C)C. The summed E-state index contributed by atoms with van der Waals surface area (Å²) >= 11 is -3.96. The van der Waals surface area contributed by atoms with E-state index in [9.17, 15) is 19.2 Å². The van der Waals surface area contributed by atoms with Crippen molar-refractivity contribution in [3.8, 4) is 0 Å². The van der Waals surface area contributed by atoms with E-state index < -0.39 is 17.4 Å². The van der Waals surface area contributed by atoms with Crippen LogP contribution < -0.4 is 0 Å². The van der Waals surface area contributed by atoms with Crippen molar-refractivity contribution < 1.29 is 52.7 Å². The molecule has 0 aromatic rings. The van der Waals surface area contributed by atoms with Crippen LogP contribution in [0.1, 0.15) is 54.4 Å². The van der Waals surface area contributed by atoms with E-state index in [2.05, 4.69) is 0 Å². The quantitative estimate of drug-likeness (QED) is 0.231. The second-order valence-corrected chi connectivity index (χ2v) is 12.1. The Morgan fingerprint density at radius 3 is 1.28 bits per heavy atom. The number of ether oxygens (including phenoxy) is 2. The molecule has 0 aliphatic heterocycles. The van der Waals surface area contributed by atoms with E-state index in [1.807, 2.05) is 0 Å². The molecule has 29 heavy (non-hydrogen) atoms. The number of carbonyl (C=O) groups is 4. The summed E-state index contributed by atoms with van der Waals surface area (Å²) < 4.78 is 22.0. The first-order valence-electron chi connectivity index (χ1n) is 10.1. The Kier molecular flexibility index (Phi) is 14.7. The molecule has 9 heteroatoms. The number of ketones is 4. The molecule has 0 amide bonds. The average molecular weight is 452 g/mol. The van der Waals surface area contributed by atoms with Crippen molar-refractivity contribution in [2.75, 3.05) is 26.4 Å². The van der Waals surface area contributed by atoms with Crippen LogP contribution in [0.4, 0.5) is 0 Å². The van der Waals surface area contributed by atoms with Crippen molar-refractivity contribution in [2.45, 2.75) is 76.0 Å². The number of hydrogen-bond donors (Lipinski definition) is 0. The van der Waals surface area contributed by atoms with E-state index in [1.54, 1.807) is 41.5 Å². The third kappa shape index (κ3) is 14.0.